The zero-order valence-electron chi connectivity index (χ0n) is 15.7. The van der Waals surface area contributed by atoms with Crippen molar-refractivity contribution < 1.29 is 0 Å². The van der Waals surface area contributed by atoms with E-state index in [4.69, 9.17) is 9.97 Å². The largest absolute Gasteiger partial charge is 0.252 e. The Bertz CT molecular complexity index is 1340. The zero-order valence-corrected chi connectivity index (χ0v) is 15.7. The van der Waals surface area contributed by atoms with Crippen LogP contribution >= 0.6 is 0 Å². The van der Waals surface area contributed by atoms with Crippen molar-refractivity contribution in [1.82, 2.24) is 9.97 Å². The van der Waals surface area contributed by atoms with Gasteiger partial charge in [-0.15, -0.1) is 0 Å². The number of fused-ring (bicyclic) bond motifs is 6. The molecule has 130 valence electrons. The van der Waals surface area contributed by atoms with Crippen LogP contribution in [0.25, 0.3) is 43.8 Å². The highest BCUT2D eigenvalue weighted by atomic mass is 14.8. The highest BCUT2D eigenvalue weighted by molar-refractivity contribution is 6.24. The summed E-state index contributed by atoms with van der Waals surface area (Å²) in [6, 6.07) is 21.3. The second-order valence-electron chi connectivity index (χ2n) is 7.30. The van der Waals surface area contributed by atoms with E-state index in [-0.39, 0.29) is 0 Å². The molecule has 5 rings (SSSR count). The molecule has 0 aliphatic rings. The molecule has 0 unspecified atom stereocenters. The Kier molecular flexibility index (Phi) is 3.48. The molecule has 0 aliphatic carbocycles. The van der Waals surface area contributed by atoms with Gasteiger partial charge in [-0.05, 0) is 42.7 Å². The molecular weight excluding hydrogens is 328 g/mol. The van der Waals surface area contributed by atoms with Gasteiger partial charge < -0.3 is 0 Å². The van der Waals surface area contributed by atoms with Crippen molar-refractivity contribution in [3.8, 4) is 11.3 Å². The van der Waals surface area contributed by atoms with Gasteiger partial charge >= 0.3 is 0 Å². The van der Waals surface area contributed by atoms with Crippen molar-refractivity contribution in [2.75, 3.05) is 0 Å². The molecule has 2 nitrogen and oxygen atoms in total. The van der Waals surface area contributed by atoms with Gasteiger partial charge in [0.15, 0.2) is 0 Å². The van der Waals surface area contributed by atoms with Crippen LogP contribution in [0, 0.1) is 20.8 Å². The Labute approximate surface area is 158 Å². The summed E-state index contributed by atoms with van der Waals surface area (Å²) in [7, 11) is 0. The van der Waals surface area contributed by atoms with Crippen LogP contribution in [0.2, 0.25) is 0 Å². The Balaban J connectivity index is 2.01. The van der Waals surface area contributed by atoms with E-state index in [2.05, 4.69) is 63.2 Å². The van der Waals surface area contributed by atoms with Crippen molar-refractivity contribution in [1.29, 1.82) is 0 Å². The first-order valence-corrected chi connectivity index (χ1v) is 9.28. The highest BCUT2D eigenvalue weighted by Gasteiger charge is 2.15. The minimum Gasteiger partial charge on any atom is -0.252 e. The molecule has 2 heteroatoms. The van der Waals surface area contributed by atoms with Crippen LogP contribution in [0.1, 0.15) is 16.7 Å². The lowest BCUT2D eigenvalue weighted by molar-refractivity contribution is 1.30. The maximum atomic E-state index is 5.09. The standard InChI is InChI=1S/C25H20N2/c1-15-9-11-20-21(13-15)19-12-10-16(2)17(3)23(19)25-24(20)26-14-22(27-25)18-7-5-4-6-8-18/h4-14H,1-3H3. The topological polar surface area (TPSA) is 25.8 Å². The zero-order chi connectivity index (χ0) is 18.5. The van der Waals surface area contributed by atoms with Crippen molar-refractivity contribution >= 4 is 32.6 Å². The Morgan fingerprint density at radius 1 is 0.704 bits per heavy atom. The van der Waals surface area contributed by atoms with Crippen molar-refractivity contribution in [2.24, 2.45) is 0 Å². The highest BCUT2D eigenvalue weighted by Crippen LogP contribution is 2.37. The Hall–Kier alpha value is -3.26. The number of aryl methyl sites for hydroxylation is 3. The van der Waals surface area contributed by atoms with E-state index in [1.165, 1.54) is 38.2 Å². The average Bonchev–Trinajstić information content (AvgIpc) is 2.70. The van der Waals surface area contributed by atoms with Gasteiger partial charge in [0.25, 0.3) is 0 Å². The predicted molar refractivity (Wildman–Crippen MR) is 114 cm³/mol. The SMILES string of the molecule is Cc1ccc2c(c1)c1ccc(C)c(C)c1c1nc(-c3ccccc3)cnc21. The van der Waals surface area contributed by atoms with Crippen LogP contribution in [0.15, 0.2) is 66.9 Å². The number of hydrogen-bond donors (Lipinski definition) is 0. The van der Waals surface area contributed by atoms with Crippen LogP contribution in [0.3, 0.4) is 0 Å². The number of nitrogens with zero attached hydrogens (tertiary/aromatic N) is 2. The molecule has 1 aromatic heterocycles. The fraction of sp³-hybridized carbons (Fsp3) is 0.120. The lowest BCUT2D eigenvalue weighted by Crippen LogP contribution is -1.95. The van der Waals surface area contributed by atoms with Gasteiger partial charge in [0, 0.05) is 16.3 Å². The first-order valence-electron chi connectivity index (χ1n) is 9.28. The molecule has 0 spiro atoms. The van der Waals surface area contributed by atoms with E-state index in [0.29, 0.717) is 0 Å². The molecule has 0 radical (unpaired) electrons. The molecule has 0 N–H and O–H groups in total. The maximum absolute atomic E-state index is 5.09. The molecule has 0 saturated carbocycles. The smallest absolute Gasteiger partial charge is 0.0982 e. The number of rotatable bonds is 1. The third-order valence-corrected chi connectivity index (χ3v) is 5.54. The molecule has 5 aromatic rings. The Morgan fingerprint density at radius 3 is 2.30 bits per heavy atom. The number of benzene rings is 4. The molecule has 4 aromatic carbocycles. The third kappa shape index (κ3) is 2.41. The van der Waals surface area contributed by atoms with Crippen LogP contribution in [0.5, 0.6) is 0 Å². The second kappa shape index (κ2) is 5.88. The summed E-state index contributed by atoms with van der Waals surface area (Å²) in [5, 5.41) is 4.89. The molecule has 0 atom stereocenters. The van der Waals surface area contributed by atoms with Crippen LogP contribution in [-0.2, 0) is 0 Å². The van der Waals surface area contributed by atoms with Gasteiger partial charge in [-0.2, -0.15) is 0 Å². The van der Waals surface area contributed by atoms with Crippen LogP contribution in [-0.4, -0.2) is 9.97 Å². The minimum atomic E-state index is 0.914. The van der Waals surface area contributed by atoms with Gasteiger partial charge in [-0.1, -0.05) is 66.2 Å². The summed E-state index contributed by atoms with van der Waals surface area (Å²) in [6.07, 6.45) is 1.90. The summed E-state index contributed by atoms with van der Waals surface area (Å²) in [5.74, 6) is 0. The number of aromatic nitrogens is 2. The van der Waals surface area contributed by atoms with Gasteiger partial charge in [0.1, 0.15) is 0 Å². The van der Waals surface area contributed by atoms with E-state index in [1.54, 1.807) is 0 Å². The van der Waals surface area contributed by atoms with Crippen LogP contribution < -0.4 is 0 Å². The fourth-order valence-electron chi connectivity index (χ4n) is 3.94. The van der Waals surface area contributed by atoms with E-state index in [0.717, 1.165) is 22.3 Å². The summed E-state index contributed by atoms with van der Waals surface area (Å²) in [5.41, 5.74) is 7.79. The van der Waals surface area contributed by atoms with Gasteiger partial charge in [-0.3, -0.25) is 4.98 Å². The first kappa shape index (κ1) is 16.0. The summed E-state index contributed by atoms with van der Waals surface area (Å²) < 4.78 is 0. The summed E-state index contributed by atoms with van der Waals surface area (Å²) >= 11 is 0. The third-order valence-electron chi connectivity index (χ3n) is 5.54. The van der Waals surface area contributed by atoms with Gasteiger partial charge in [0.2, 0.25) is 0 Å². The summed E-state index contributed by atoms with van der Waals surface area (Å²) in [6.45, 7) is 6.49. The predicted octanol–water partition coefficient (Wildman–Crippen LogP) is 6.53. The molecule has 0 amide bonds. The first-order chi connectivity index (χ1) is 13.1. The molecule has 0 aliphatic heterocycles. The molecule has 0 fully saturated rings. The lowest BCUT2D eigenvalue weighted by Gasteiger charge is -2.14. The summed E-state index contributed by atoms with van der Waals surface area (Å²) in [4.78, 5) is 9.96. The lowest BCUT2D eigenvalue weighted by atomic mass is 9.93. The van der Waals surface area contributed by atoms with E-state index < -0.39 is 0 Å². The van der Waals surface area contributed by atoms with Gasteiger partial charge in [-0.25, -0.2) is 4.98 Å². The van der Waals surface area contributed by atoms with Crippen LogP contribution in [0.4, 0.5) is 0 Å². The van der Waals surface area contributed by atoms with Crippen molar-refractivity contribution in [3.05, 3.63) is 83.6 Å². The van der Waals surface area contributed by atoms with E-state index in [1.807, 2.05) is 24.4 Å². The van der Waals surface area contributed by atoms with E-state index >= 15 is 0 Å². The molecule has 27 heavy (non-hydrogen) atoms. The minimum absolute atomic E-state index is 0.914. The van der Waals surface area contributed by atoms with Crippen molar-refractivity contribution in [3.63, 3.8) is 0 Å². The van der Waals surface area contributed by atoms with Crippen molar-refractivity contribution in [2.45, 2.75) is 20.8 Å². The van der Waals surface area contributed by atoms with E-state index in [9.17, 15) is 0 Å². The molecular formula is C25H20N2. The quantitative estimate of drug-likeness (QED) is 0.322. The van der Waals surface area contributed by atoms with Gasteiger partial charge in [0.05, 0.1) is 22.9 Å². The molecule has 0 bridgehead atoms. The monoisotopic (exact) mass is 348 g/mol. The average molecular weight is 348 g/mol. The Morgan fingerprint density at radius 2 is 1.48 bits per heavy atom. The normalized spacial score (nSPS) is 11.5. The molecule has 0 saturated heterocycles. The fourth-order valence-corrected chi connectivity index (χ4v) is 3.94. The second-order valence-corrected chi connectivity index (χ2v) is 7.30. The maximum Gasteiger partial charge on any atom is 0.0982 e. The number of hydrogen-bond acceptors (Lipinski definition) is 2. The molecule has 1 heterocycles.